The van der Waals surface area contributed by atoms with Crippen LogP contribution in [0.1, 0.15) is 11.1 Å². The maximum absolute atomic E-state index is 11.7. The van der Waals surface area contributed by atoms with Gasteiger partial charge < -0.3 is 5.11 Å². The third kappa shape index (κ3) is 4.42. The number of benzene rings is 2. The number of phenols is 1. The minimum Gasteiger partial charge on any atom is -0.508 e. The van der Waals surface area contributed by atoms with E-state index in [0.717, 1.165) is 5.56 Å². The largest absolute Gasteiger partial charge is 0.508 e. The van der Waals surface area contributed by atoms with Crippen LogP contribution in [0.3, 0.4) is 0 Å². The minimum absolute atomic E-state index is 0.0192. The van der Waals surface area contributed by atoms with Crippen molar-refractivity contribution in [2.45, 2.75) is 0 Å². The summed E-state index contributed by atoms with van der Waals surface area (Å²) in [6.45, 7) is 0. The van der Waals surface area contributed by atoms with E-state index in [9.17, 15) is 14.9 Å². The molecule has 0 heterocycles. The average molecular weight is 295 g/mol. The van der Waals surface area contributed by atoms with Crippen molar-refractivity contribution in [3.8, 4) is 5.75 Å². The first-order valence-corrected chi connectivity index (χ1v) is 6.48. The average Bonchev–Trinajstić information content (AvgIpc) is 2.52. The Morgan fingerprint density at radius 3 is 2.27 bits per heavy atom. The number of nitro benzene ring substituents is 1. The molecule has 0 aliphatic rings. The van der Waals surface area contributed by atoms with Gasteiger partial charge in [-0.2, -0.15) is 0 Å². The molecule has 0 aliphatic heterocycles. The maximum atomic E-state index is 11.7. The molecule has 2 aromatic carbocycles. The Morgan fingerprint density at radius 2 is 1.64 bits per heavy atom. The molecular weight excluding hydrogens is 282 g/mol. The number of hydrogen-bond acceptors (Lipinski definition) is 4. The van der Waals surface area contributed by atoms with Crippen molar-refractivity contribution in [2.24, 2.45) is 0 Å². The number of allylic oxidation sites excluding steroid dienone is 2. The summed E-state index contributed by atoms with van der Waals surface area (Å²) in [7, 11) is 0. The van der Waals surface area contributed by atoms with E-state index >= 15 is 0 Å². The lowest BCUT2D eigenvalue weighted by atomic mass is 10.1. The molecular formula is C17H13NO4. The summed E-state index contributed by atoms with van der Waals surface area (Å²) in [6.07, 6.45) is 5.88. The van der Waals surface area contributed by atoms with Crippen LogP contribution in [0.2, 0.25) is 0 Å². The van der Waals surface area contributed by atoms with Gasteiger partial charge in [0.15, 0.2) is 5.78 Å². The summed E-state index contributed by atoms with van der Waals surface area (Å²) in [5.74, 6) is -0.0753. The molecule has 2 aromatic rings. The third-order valence-corrected chi connectivity index (χ3v) is 2.85. The van der Waals surface area contributed by atoms with Crippen LogP contribution in [0.25, 0.3) is 12.2 Å². The van der Waals surface area contributed by atoms with Crippen molar-refractivity contribution in [1.82, 2.24) is 0 Å². The normalized spacial score (nSPS) is 11.1. The van der Waals surface area contributed by atoms with Crippen LogP contribution in [-0.2, 0) is 4.79 Å². The van der Waals surface area contributed by atoms with E-state index in [2.05, 4.69) is 0 Å². The predicted molar refractivity (Wildman–Crippen MR) is 84.3 cm³/mol. The Balaban J connectivity index is 2.03. The molecule has 0 spiro atoms. The molecule has 0 aromatic heterocycles. The number of nitrogens with zero attached hydrogens (tertiary/aromatic N) is 1. The standard InChI is InChI=1S/C17H13NO4/c19-16-8-4-13(5-9-16)6-10-17(20)11-7-14-2-1-3-15(12-14)18(21)22/h1-12,19H/b10-6+,11-7+. The van der Waals surface area contributed by atoms with Crippen molar-refractivity contribution in [3.63, 3.8) is 0 Å². The lowest BCUT2D eigenvalue weighted by Crippen LogP contribution is -1.88. The second-order valence-electron chi connectivity index (χ2n) is 4.51. The molecule has 0 radical (unpaired) electrons. The Morgan fingerprint density at radius 1 is 1.00 bits per heavy atom. The lowest BCUT2D eigenvalue weighted by Gasteiger charge is -1.94. The van der Waals surface area contributed by atoms with Crippen LogP contribution in [0.4, 0.5) is 5.69 Å². The van der Waals surface area contributed by atoms with Crippen LogP contribution in [-0.4, -0.2) is 15.8 Å². The Labute approximate surface area is 127 Å². The molecule has 2 rings (SSSR count). The molecule has 0 unspecified atom stereocenters. The maximum Gasteiger partial charge on any atom is 0.270 e. The fraction of sp³-hybridized carbons (Fsp3) is 0. The fourth-order valence-electron chi connectivity index (χ4n) is 1.74. The van der Waals surface area contributed by atoms with Crippen LogP contribution in [0.5, 0.6) is 5.75 Å². The number of rotatable bonds is 5. The summed E-state index contributed by atoms with van der Waals surface area (Å²) in [5.41, 5.74) is 1.35. The highest BCUT2D eigenvalue weighted by atomic mass is 16.6. The molecule has 0 fully saturated rings. The lowest BCUT2D eigenvalue weighted by molar-refractivity contribution is -0.384. The first kappa shape index (κ1) is 15.2. The molecule has 5 nitrogen and oxygen atoms in total. The van der Waals surface area contributed by atoms with Crippen LogP contribution in [0.15, 0.2) is 60.7 Å². The third-order valence-electron chi connectivity index (χ3n) is 2.85. The topological polar surface area (TPSA) is 80.4 Å². The number of ketones is 1. The summed E-state index contributed by atoms with van der Waals surface area (Å²) in [4.78, 5) is 21.9. The second kappa shape index (κ2) is 6.99. The monoisotopic (exact) mass is 295 g/mol. The molecule has 0 saturated carbocycles. The highest BCUT2D eigenvalue weighted by molar-refractivity contribution is 6.04. The van der Waals surface area contributed by atoms with Gasteiger partial charge in [0.2, 0.25) is 0 Å². The summed E-state index contributed by atoms with van der Waals surface area (Å²) in [6, 6.07) is 12.5. The molecule has 1 N–H and O–H groups in total. The van der Waals surface area contributed by atoms with Gasteiger partial charge in [0.1, 0.15) is 5.75 Å². The molecule has 0 bridgehead atoms. The number of nitro groups is 1. The molecule has 110 valence electrons. The van der Waals surface area contributed by atoms with Crippen LogP contribution in [0, 0.1) is 10.1 Å². The predicted octanol–water partition coefficient (Wildman–Crippen LogP) is 3.60. The van der Waals surface area contributed by atoms with Gasteiger partial charge in [-0.25, -0.2) is 0 Å². The van der Waals surface area contributed by atoms with Gasteiger partial charge in [-0.1, -0.05) is 36.4 Å². The zero-order valence-corrected chi connectivity index (χ0v) is 11.5. The fourth-order valence-corrected chi connectivity index (χ4v) is 1.74. The van der Waals surface area contributed by atoms with Gasteiger partial charge in [-0.3, -0.25) is 14.9 Å². The first-order valence-electron chi connectivity index (χ1n) is 6.48. The molecule has 5 heteroatoms. The SMILES string of the molecule is O=C(/C=C/c1ccc(O)cc1)/C=C/c1cccc([N+](=O)[O-])c1. The van der Waals surface area contributed by atoms with Crippen molar-refractivity contribution in [3.05, 3.63) is 81.9 Å². The number of non-ortho nitro benzene ring substituents is 1. The van der Waals surface area contributed by atoms with Crippen LogP contribution >= 0.6 is 0 Å². The van der Waals surface area contributed by atoms with Crippen molar-refractivity contribution in [1.29, 1.82) is 0 Å². The number of carbonyl (C=O) groups excluding carboxylic acids is 1. The molecule has 0 aliphatic carbocycles. The first-order chi connectivity index (χ1) is 10.5. The molecule has 0 saturated heterocycles. The van der Waals surface area contributed by atoms with E-state index in [1.165, 1.54) is 42.5 Å². The van der Waals surface area contributed by atoms with Crippen LogP contribution < -0.4 is 0 Å². The number of carbonyl (C=O) groups is 1. The highest BCUT2D eigenvalue weighted by Gasteiger charge is 2.03. The number of aromatic hydroxyl groups is 1. The summed E-state index contributed by atoms with van der Waals surface area (Å²) < 4.78 is 0. The van der Waals surface area contributed by atoms with E-state index in [-0.39, 0.29) is 17.2 Å². The van der Waals surface area contributed by atoms with E-state index in [1.54, 1.807) is 30.3 Å². The van der Waals surface area contributed by atoms with E-state index in [1.807, 2.05) is 0 Å². The van der Waals surface area contributed by atoms with Gasteiger partial charge in [-0.05, 0) is 35.4 Å². The second-order valence-corrected chi connectivity index (χ2v) is 4.51. The van der Waals surface area contributed by atoms with Gasteiger partial charge in [0, 0.05) is 12.1 Å². The van der Waals surface area contributed by atoms with Crippen molar-refractivity contribution in [2.75, 3.05) is 0 Å². The smallest absolute Gasteiger partial charge is 0.270 e. The Bertz CT molecular complexity index is 746. The molecule has 22 heavy (non-hydrogen) atoms. The van der Waals surface area contributed by atoms with E-state index < -0.39 is 4.92 Å². The minimum atomic E-state index is -0.482. The quantitative estimate of drug-likeness (QED) is 0.519. The number of hydrogen-bond donors (Lipinski definition) is 1. The Kier molecular flexibility index (Phi) is 4.82. The summed E-state index contributed by atoms with van der Waals surface area (Å²) >= 11 is 0. The molecule has 0 amide bonds. The van der Waals surface area contributed by atoms with Crippen molar-refractivity contribution < 1.29 is 14.8 Å². The zero-order chi connectivity index (χ0) is 15.9. The molecule has 0 atom stereocenters. The zero-order valence-electron chi connectivity index (χ0n) is 11.5. The number of phenolic OH excluding ortho intramolecular Hbond substituents is 1. The van der Waals surface area contributed by atoms with Crippen molar-refractivity contribution >= 4 is 23.6 Å². The highest BCUT2D eigenvalue weighted by Crippen LogP contribution is 2.14. The van der Waals surface area contributed by atoms with Gasteiger partial charge in [-0.15, -0.1) is 0 Å². The van der Waals surface area contributed by atoms with E-state index in [0.29, 0.717) is 5.56 Å². The summed E-state index contributed by atoms with van der Waals surface area (Å²) in [5, 5.41) is 19.8. The van der Waals surface area contributed by atoms with Gasteiger partial charge in [0.05, 0.1) is 4.92 Å². The van der Waals surface area contributed by atoms with Gasteiger partial charge in [0.25, 0.3) is 5.69 Å². The van der Waals surface area contributed by atoms with Gasteiger partial charge >= 0.3 is 0 Å². The van der Waals surface area contributed by atoms with E-state index in [4.69, 9.17) is 5.11 Å². The Hall–Kier alpha value is -3.21.